The van der Waals surface area contributed by atoms with Crippen LogP contribution >= 0.6 is 11.3 Å². The van der Waals surface area contributed by atoms with Gasteiger partial charge in [0, 0.05) is 0 Å². The Morgan fingerprint density at radius 3 is 2.55 bits per heavy atom. The molecule has 0 spiro atoms. The maximum Gasteiger partial charge on any atom is 0.262 e. The normalized spacial score (nSPS) is 11.9. The van der Waals surface area contributed by atoms with E-state index in [2.05, 4.69) is 10.3 Å². The van der Waals surface area contributed by atoms with Crippen LogP contribution in [0.5, 0.6) is 5.75 Å². The molecule has 0 aliphatic rings. The third kappa shape index (κ3) is 4.05. The van der Waals surface area contributed by atoms with Gasteiger partial charge in [-0.25, -0.2) is 4.98 Å². The molecule has 0 aliphatic heterocycles. The van der Waals surface area contributed by atoms with Crippen LogP contribution in [0.15, 0.2) is 77.2 Å². The maximum atomic E-state index is 12.8. The van der Waals surface area contributed by atoms with Gasteiger partial charge >= 0.3 is 0 Å². The zero-order chi connectivity index (χ0) is 20.2. The lowest BCUT2D eigenvalue weighted by Gasteiger charge is -2.20. The standard InChI is InChI=1S/C22H19N3O3S/c1-28-17-9-7-16(8-10-17)20(15-5-3-2-4-6-15)24-19(26)13-25-14-23-21-18(22(25)27)11-12-29-21/h2-12,14,20H,13H2,1H3,(H,24,26). The molecule has 0 bridgehead atoms. The lowest BCUT2D eigenvalue weighted by Crippen LogP contribution is -2.35. The van der Waals surface area contributed by atoms with E-state index in [1.807, 2.05) is 60.0 Å². The van der Waals surface area contributed by atoms with Crippen LogP contribution in [0, 0.1) is 0 Å². The van der Waals surface area contributed by atoms with E-state index in [0.29, 0.717) is 10.2 Å². The Hall–Kier alpha value is -3.45. The van der Waals surface area contributed by atoms with Gasteiger partial charge in [-0.15, -0.1) is 11.3 Å². The summed E-state index contributed by atoms with van der Waals surface area (Å²) >= 11 is 1.40. The van der Waals surface area contributed by atoms with Crippen molar-refractivity contribution >= 4 is 27.5 Å². The van der Waals surface area contributed by atoms with Crippen molar-refractivity contribution in [3.63, 3.8) is 0 Å². The molecule has 2 aromatic carbocycles. The number of thiophene rings is 1. The molecule has 7 heteroatoms. The lowest BCUT2D eigenvalue weighted by atomic mass is 9.98. The van der Waals surface area contributed by atoms with E-state index in [9.17, 15) is 9.59 Å². The van der Waals surface area contributed by atoms with Gasteiger partial charge in [-0.1, -0.05) is 42.5 Å². The second-order valence-corrected chi connectivity index (χ2v) is 7.40. The van der Waals surface area contributed by atoms with Gasteiger partial charge in [0.25, 0.3) is 5.56 Å². The lowest BCUT2D eigenvalue weighted by molar-refractivity contribution is -0.122. The number of hydrogen-bond acceptors (Lipinski definition) is 5. The molecule has 2 heterocycles. The predicted octanol–water partition coefficient (Wildman–Crippen LogP) is 3.37. The Kier molecular flexibility index (Phi) is 5.39. The molecule has 29 heavy (non-hydrogen) atoms. The van der Waals surface area contributed by atoms with Crippen molar-refractivity contribution in [1.29, 1.82) is 0 Å². The second kappa shape index (κ2) is 8.28. The highest BCUT2D eigenvalue weighted by Gasteiger charge is 2.18. The molecule has 4 aromatic rings. The van der Waals surface area contributed by atoms with Crippen LogP contribution in [-0.4, -0.2) is 22.6 Å². The fourth-order valence-corrected chi connectivity index (χ4v) is 3.89. The Balaban J connectivity index is 1.60. The van der Waals surface area contributed by atoms with E-state index < -0.39 is 0 Å². The van der Waals surface area contributed by atoms with Crippen LogP contribution in [0.4, 0.5) is 0 Å². The molecule has 146 valence electrons. The van der Waals surface area contributed by atoms with Crippen LogP contribution in [0.3, 0.4) is 0 Å². The van der Waals surface area contributed by atoms with E-state index >= 15 is 0 Å². The number of carbonyl (C=O) groups is 1. The van der Waals surface area contributed by atoms with E-state index in [0.717, 1.165) is 16.9 Å². The van der Waals surface area contributed by atoms with E-state index in [1.165, 1.54) is 22.2 Å². The molecule has 0 aliphatic carbocycles. The summed E-state index contributed by atoms with van der Waals surface area (Å²) in [5, 5.41) is 5.39. The maximum absolute atomic E-state index is 12.8. The van der Waals surface area contributed by atoms with Crippen molar-refractivity contribution in [2.75, 3.05) is 7.11 Å². The zero-order valence-electron chi connectivity index (χ0n) is 15.7. The quantitative estimate of drug-likeness (QED) is 0.534. The number of nitrogens with zero attached hydrogens (tertiary/aromatic N) is 2. The summed E-state index contributed by atoms with van der Waals surface area (Å²) in [6.45, 7) is -0.100. The minimum absolute atomic E-state index is 0.100. The van der Waals surface area contributed by atoms with Crippen LogP contribution in [0.25, 0.3) is 10.2 Å². The van der Waals surface area contributed by atoms with E-state index in [1.54, 1.807) is 13.2 Å². The van der Waals surface area contributed by atoms with Gasteiger partial charge in [0.15, 0.2) is 0 Å². The van der Waals surface area contributed by atoms with Gasteiger partial charge in [0.05, 0.1) is 24.9 Å². The number of ether oxygens (including phenoxy) is 1. The van der Waals surface area contributed by atoms with Gasteiger partial charge in [-0.3, -0.25) is 14.2 Å². The summed E-state index contributed by atoms with van der Waals surface area (Å²) in [6.07, 6.45) is 1.42. The molecule has 2 aromatic heterocycles. The Labute approximate surface area is 171 Å². The number of aromatic nitrogens is 2. The molecule has 6 nitrogen and oxygen atoms in total. The van der Waals surface area contributed by atoms with Crippen LogP contribution < -0.4 is 15.6 Å². The van der Waals surface area contributed by atoms with Crippen molar-refractivity contribution in [3.8, 4) is 5.75 Å². The van der Waals surface area contributed by atoms with Gasteiger partial charge < -0.3 is 10.1 Å². The minimum atomic E-state index is -0.344. The average molecular weight is 405 g/mol. The molecule has 1 unspecified atom stereocenters. The Bertz CT molecular complexity index is 1180. The first-order valence-corrected chi connectivity index (χ1v) is 9.94. The van der Waals surface area contributed by atoms with E-state index in [-0.39, 0.29) is 24.1 Å². The number of fused-ring (bicyclic) bond motifs is 1. The average Bonchev–Trinajstić information content (AvgIpc) is 3.24. The molecule has 0 radical (unpaired) electrons. The molecule has 1 amide bonds. The van der Waals surface area contributed by atoms with Crippen LogP contribution in [-0.2, 0) is 11.3 Å². The number of methoxy groups -OCH3 is 1. The van der Waals surface area contributed by atoms with Crippen molar-refractivity contribution in [2.24, 2.45) is 0 Å². The van der Waals surface area contributed by atoms with Crippen molar-refractivity contribution in [2.45, 2.75) is 12.6 Å². The molecule has 1 atom stereocenters. The summed E-state index contributed by atoms with van der Waals surface area (Å²) in [5.41, 5.74) is 1.65. The zero-order valence-corrected chi connectivity index (χ0v) is 16.6. The highest BCUT2D eigenvalue weighted by molar-refractivity contribution is 7.16. The van der Waals surface area contributed by atoms with Gasteiger partial charge in [0.2, 0.25) is 5.91 Å². The highest BCUT2D eigenvalue weighted by Crippen LogP contribution is 2.24. The molecule has 0 fully saturated rings. The topological polar surface area (TPSA) is 73.2 Å². The predicted molar refractivity (Wildman–Crippen MR) is 113 cm³/mol. The third-order valence-electron chi connectivity index (χ3n) is 4.65. The van der Waals surface area contributed by atoms with Crippen LogP contribution in [0.1, 0.15) is 17.2 Å². The number of nitrogens with one attached hydrogen (secondary N) is 1. The smallest absolute Gasteiger partial charge is 0.262 e. The molecular formula is C22H19N3O3S. The Morgan fingerprint density at radius 2 is 1.83 bits per heavy atom. The van der Waals surface area contributed by atoms with Gasteiger partial charge in [-0.2, -0.15) is 0 Å². The number of rotatable bonds is 6. The largest absolute Gasteiger partial charge is 0.497 e. The van der Waals surface area contributed by atoms with Gasteiger partial charge in [-0.05, 0) is 34.7 Å². The molecule has 4 rings (SSSR count). The fourth-order valence-electron chi connectivity index (χ4n) is 3.17. The molecular weight excluding hydrogens is 386 g/mol. The number of carbonyl (C=O) groups excluding carboxylic acids is 1. The van der Waals surface area contributed by atoms with Crippen LogP contribution in [0.2, 0.25) is 0 Å². The van der Waals surface area contributed by atoms with Crippen molar-refractivity contribution in [3.05, 3.63) is 93.9 Å². The Morgan fingerprint density at radius 1 is 1.10 bits per heavy atom. The molecule has 0 saturated heterocycles. The summed E-state index contributed by atoms with van der Waals surface area (Å²) in [5.74, 6) is 0.474. The van der Waals surface area contributed by atoms with E-state index in [4.69, 9.17) is 4.74 Å². The summed E-state index contributed by atoms with van der Waals surface area (Å²) in [7, 11) is 1.61. The number of amides is 1. The monoisotopic (exact) mass is 405 g/mol. The summed E-state index contributed by atoms with van der Waals surface area (Å²) in [4.78, 5) is 30.3. The van der Waals surface area contributed by atoms with Crippen molar-refractivity contribution < 1.29 is 9.53 Å². The fraction of sp³-hybridized carbons (Fsp3) is 0.136. The highest BCUT2D eigenvalue weighted by atomic mass is 32.1. The number of hydrogen-bond donors (Lipinski definition) is 1. The van der Waals surface area contributed by atoms with Crippen molar-refractivity contribution in [1.82, 2.24) is 14.9 Å². The first kappa shape index (κ1) is 18.9. The summed E-state index contributed by atoms with van der Waals surface area (Å²) < 4.78 is 6.56. The minimum Gasteiger partial charge on any atom is -0.497 e. The first-order chi connectivity index (χ1) is 14.2. The summed E-state index contributed by atoms with van der Waals surface area (Å²) in [6, 6.07) is 18.6. The second-order valence-electron chi connectivity index (χ2n) is 6.50. The third-order valence-corrected chi connectivity index (χ3v) is 5.47. The first-order valence-electron chi connectivity index (χ1n) is 9.06. The number of benzene rings is 2. The van der Waals surface area contributed by atoms with Gasteiger partial charge in [0.1, 0.15) is 17.1 Å². The SMILES string of the molecule is COc1ccc(C(NC(=O)Cn2cnc3sccc3c2=O)c2ccccc2)cc1. The molecule has 1 N–H and O–H groups in total. The molecule has 0 saturated carbocycles.